The van der Waals surface area contributed by atoms with Gasteiger partial charge in [-0.1, -0.05) is 30.3 Å². The van der Waals surface area contributed by atoms with Crippen LogP contribution in [0.2, 0.25) is 0 Å². The number of hydrogen-bond acceptors (Lipinski definition) is 5. The van der Waals surface area contributed by atoms with E-state index in [2.05, 4.69) is 37.8 Å². The summed E-state index contributed by atoms with van der Waals surface area (Å²) in [6, 6.07) is 14.0. The highest BCUT2D eigenvalue weighted by Crippen LogP contribution is 2.18. The fourth-order valence-electron chi connectivity index (χ4n) is 3.58. The number of rotatable bonds is 8. The lowest BCUT2D eigenvalue weighted by molar-refractivity contribution is -0.121. The van der Waals surface area contributed by atoms with E-state index in [0.29, 0.717) is 30.9 Å². The van der Waals surface area contributed by atoms with Gasteiger partial charge < -0.3 is 5.32 Å². The van der Waals surface area contributed by atoms with E-state index in [1.54, 1.807) is 10.8 Å². The monoisotopic (exact) mass is 403 g/mol. The van der Waals surface area contributed by atoms with Crippen LogP contribution in [0.3, 0.4) is 0 Å². The number of hydrogen-bond donors (Lipinski definition) is 1. The van der Waals surface area contributed by atoms with Gasteiger partial charge >= 0.3 is 0 Å². The zero-order valence-corrected chi connectivity index (χ0v) is 17.2. The van der Waals surface area contributed by atoms with Crippen LogP contribution in [0, 0.1) is 13.8 Å². The second kappa shape index (κ2) is 8.86. The van der Waals surface area contributed by atoms with Gasteiger partial charge in [-0.2, -0.15) is 9.61 Å². The van der Waals surface area contributed by atoms with Crippen molar-refractivity contribution in [3.63, 3.8) is 0 Å². The lowest BCUT2D eigenvalue weighted by Gasteiger charge is -2.07. The Kier molecular flexibility index (Phi) is 5.83. The van der Waals surface area contributed by atoms with Crippen LogP contribution >= 0.6 is 0 Å². The van der Waals surface area contributed by atoms with E-state index >= 15 is 0 Å². The van der Waals surface area contributed by atoms with Crippen LogP contribution in [0.1, 0.15) is 35.4 Å². The van der Waals surface area contributed by atoms with Crippen molar-refractivity contribution in [1.82, 2.24) is 34.9 Å². The summed E-state index contributed by atoms with van der Waals surface area (Å²) in [5.74, 6) is 0.762. The predicted octanol–water partition coefficient (Wildman–Crippen LogP) is 2.61. The largest absolute Gasteiger partial charge is 0.356 e. The molecule has 3 aromatic heterocycles. The number of benzene rings is 1. The molecule has 0 radical (unpaired) electrons. The molecule has 8 nitrogen and oxygen atoms in total. The second-order valence-electron chi connectivity index (χ2n) is 7.33. The first-order valence-electron chi connectivity index (χ1n) is 10.1. The number of aryl methyl sites for hydroxylation is 2. The molecule has 8 heteroatoms. The number of fused-ring (bicyclic) bond motifs is 1. The maximum Gasteiger partial charge on any atom is 0.220 e. The number of carbonyl (C=O) groups excluding carboxylic acids is 1. The molecular weight excluding hydrogens is 378 g/mol. The predicted molar refractivity (Wildman–Crippen MR) is 113 cm³/mol. The quantitative estimate of drug-likeness (QED) is 0.457. The molecule has 0 fully saturated rings. The average Bonchev–Trinajstić information content (AvgIpc) is 3.34. The van der Waals surface area contributed by atoms with Gasteiger partial charge in [-0.3, -0.25) is 4.79 Å². The zero-order chi connectivity index (χ0) is 20.9. The number of amides is 1. The molecule has 154 valence electrons. The third-order valence-corrected chi connectivity index (χ3v) is 5.22. The van der Waals surface area contributed by atoms with E-state index in [0.717, 1.165) is 29.8 Å². The molecule has 0 saturated carbocycles. The minimum Gasteiger partial charge on any atom is -0.356 e. The third-order valence-electron chi connectivity index (χ3n) is 5.22. The van der Waals surface area contributed by atoms with Crippen LogP contribution in [-0.2, 0) is 17.6 Å². The van der Waals surface area contributed by atoms with E-state index in [1.165, 1.54) is 5.56 Å². The Morgan fingerprint density at radius 3 is 2.70 bits per heavy atom. The third kappa shape index (κ3) is 4.37. The summed E-state index contributed by atoms with van der Waals surface area (Å²) < 4.78 is 3.43. The molecule has 1 aromatic carbocycles. The Morgan fingerprint density at radius 2 is 1.87 bits per heavy atom. The van der Waals surface area contributed by atoms with Gasteiger partial charge in [0.1, 0.15) is 6.33 Å². The lowest BCUT2D eigenvalue weighted by Crippen LogP contribution is -2.25. The summed E-state index contributed by atoms with van der Waals surface area (Å²) in [6.45, 7) is 4.66. The molecule has 0 saturated heterocycles. The van der Waals surface area contributed by atoms with E-state index in [-0.39, 0.29) is 5.91 Å². The van der Waals surface area contributed by atoms with Crippen molar-refractivity contribution in [3.8, 4) is 5.82 Å². The van der Waals surface area contributed by atoms with Crippen molar-refractivity contribution in [2.24, 2.45) is 0 Å². The maximum absolute atomic E-state index is 12.3. The number of nitrogens with zero attached hydrogens (tertiary/aromatic N) is 6. The Balaban J connectivity index is 1.32. The molecule has 4 rings (SSSR count). The molecule has 0 aliphatic rings. The van der Waals surface area contributed by atoms with Crippen LogP contribution in [0.4, 0.5) is 0 Å². The topological polar surface area (TPSA) is 90.0 Å². The molecule has 3 heterocycles. The Hall–Kier alpha value is -3.55. The van der Waals surface area contributed by atoms with Crippen molar-refractivity contribution in [2.75, 3.05) is 6.54 Å². The minimum absolute atomic E-state index is 0.0682. The molecule has 0 spiro atoms. The summed E-state index contributed by atoms with van der Waals surface area (Å²) in [4.78, 5) is 12.3. The standard InChI is InChI=1S/C22H25N7O/c1-16-19(10-13-22(30)23-14-6-9-18-7-4-3-5-8-18)17(2)29(26-16)21-12-11-20-25-24-15-28(20)27-21/h3-5,7-8,11-12,15H,6,9-10,13-14H2,1-2H3,(H,23,30). The summed E-state index contributed by atoms with van der Waals surface area (Å²) in [5.41, 5.74) is 4.97. The Labute approximate surface area is 174 Å². The Bertz CT molecular complexity index is 1150. The summed E-state index contributed by atoms with van der Waals surface area (Å²) >= 11 is 0. The van der Waals surface area contributed by atoms with Crippen molar-refractivity contribution in [3.05, 3.63) is 71.3 Å². The van der Waals surface area contributed by atoms with E-state index in [4.69, 9.17) is 0 Å². The second-order valence-corrected chi connectivity index (χ2v) is 7.33. The van der Waals surface area contributed by atoms with Crippen LogP contribution in [0.5, 0.6) is 0 Å². The van der Waals surface area contributed by atoms with Gasteiger partial charge in [0.2, 0.25) is 5.91 Å². The Morgan fingerprint density at radius 1 is 1.03 bits per heavy atom. The average molecular weight is 403 g/mol. The van der Waals surface area contributed by atoms with Gasteiger partial charge in [0.15, 0.2) is 11.5 Å². The molecule has 4 aromatic rings. The number of nitrogens with one attached hydrogen (secondary N) is 1. The fraction of sp³-hybridized carbons (Fsp3) is 0.318. The molecule has 0 aliphatic carbocycles. The number of carbonyl (C=O) groups is 1. The van der Waals surface area contributed by atoms with Crippen LogP contribution in [0.25, 0.3) is 11.5 Å². The zero-order valence-electron chi connectivity index (χ0n) is 17.2. The first kappa shape index (κ1) is 19.8. The van der Waals surface area contributed by atoms with Crippen LogP contribution < -0.4 is 5.32 Å². The first-order chi connectivity index (χ1) is 14.6. The molecule has 30 heavy (non-hydrogen) atoms. The summed E-state index contributed by atoms with van der Waals surface area (Å²) in [7, 11) is 0. The summed E-state index contributed by atoms with van der Waals surface area (Å²) in [5, 5.41) is 20.0. The van der Waals surface area contributed by atoms with Crippen molar-refractivity contribution in [1.29, 1.82) is 0 Å². The highest BCUT2D eigenvalue weighted by atomic mass is 16.1. The van der Waals surface area contributed by atoms with E-state index < -0.39 is 0 Å². The van der Waals surface area contributed by atoms with E-state index in [1.807, 2.05) is 48.9 Å². The number of aromatic nitrogens is 6. The van der Waals surface area contributed by atoms with Gasteiger partial charge in [0, 0.05) is 18.7 Å². The first-order valence-corrected chi connectivity index (χ1v) is 10.1. The summed E-state index contributed by atoms with van der Waals surface area (Å²) in [6.07, 6.45) is 4.56. The molecule has 0 unspecified atom stereocenters. The SMILES string of the molecule is Cc1nn(-c2ccc3nncn3n2)c(C)c1CCC(=O)NCCCc1ccccc1. The van der Waals surface area contributed by atoms with E-state index in [9.17, 15) is 4.79 Å². The molecule has 1 amide bonds. The molecule has 1 N–H and O–H groups in total. The van der Waals surface area contributed by atoms with Crippen molar-refractivity contribution in [2.45, 2.75) is 39.5 Å². The normalized spacial score (nSPS) is 11.1. The maximum atomic E-state index is 12.3. The molecule has 0 bridgehead atoms. The minimum atomic E-state index is 0.0682. The van der Waals surface area contributed by atoms with Crippen molar-refractivity contribution < 1.29 is 4.79 Å². The molecular formula is C22H25N7O. The highest BCUT2D eigenvalue weighted by molar-refractivity contribution is 5.76. The highest BCUT2D eigenvalue weighted by Gasteiger charge is 2.15. The van der Waals surface area contributed by atoms with Gasteiger partial charge in [-0.25, -0.2) is 4.68 Å². The van der Waals surface area contributed by atoms with Crippen LogP contribution in [0.15, 0.2) is 48.8 Å². The fourth-order valence-corrected chi connectivity index (χ4v) is 3.58. The van der Waals surface area contributed by atoms with Gasteiger partial charge in [-0.15, -0.1) is 15.3 Å². The van der Waals surface area contributed by atoms with Crippen molar-refractivity contribution >= 4 is 11.6 Å². The van der Waals surface area contributed by atoms with Gasteiger partial charge in [0.05, 0.1) is 5.69 Å². The van der Waals surface area contributed by atoms with Crippen LogP contribution in [-0.4, -0.2) is 42.0 Å². The van der Waals surface area contributed by atoms with Gasteiger partial charge in [-0.05, 0) is 56.4 Å². The smallest absolute Gasteiger partial charge is 0.220 e. The molecule has 0 atom stereocenters. The van der Waals surface area contributed by atoms with Gasteiger partial charge in [0.25, 0.3) is 0 Å². The molecule has 0 aliphatic heterocycles. The lowest BCUT2D eigenvalue weighted by atomic mass is 10.1.